The molecule has 1 aromatic carbocycles. The van der Waals surface area contributed by atoms with Gasteiger partial charge in [-0.25, -0.2) is 0 Å². The number of nitrogens with zero attached hydrogens (tertiary/aromatic N) is 3. The van der Waals surface area contributed by atoms with Crippen molar-refractivity contribution < 1.29 is 9.35 Å². The van der Waals surface area contributed by atoms with E-state index >= 15 is 0 Å². The molecule has 0 spiro atoms. The Morgan fingerprint density at radius 2 is 2.16 bits per heavy atom. The number of aliphatic imine (C=N–C) groups is 1. The number of anilines is 1. The fraction of sp³-hybridized carbons (Fsp3) is 0.278. The number of benzodiazepines with no additional fused rings is 1. The molecule has 0 saturated carbocycles. The highest BCUT2D eigenvalue weighted by Crippen LogP contribution is 2.29. The van der Waals surface area contributed by atoms with E-state index in [-0.39, 0.29) is 12.5 Å². The molecule has 2 heterocycles. The molecule has 0 saturated heterocycles. The van der Waals surface area contributed by atoms with E-state index in [1.807, 2.05) is 43.3 Å². The number of carbonyl (C=O) groups is 1. The van der Waals surface area contributed by atoms with Crippen molar-refractivity contribution in [2.24, 2.45) is 4.99 Å². The average Bonchev–Trinajstić information content (AvgIpc) is 2.76. The van der Waals surface area contributed by atoms with Gasteiger partial charge in [0.15, 0.2) is 0 Å². The predicted molar refractivity (Wildman–Crippen MR) is 105 cm³/mol. The summed E-state index contributed by atoms with van der Waals surface area (Å²) < 4.78 is 12.7. The van der Waals surface area contributed by atoms with Crippen LogP contribution in [-0.4, -0.2) is 45.8 Å². The van der Waals surface area contributed by atoms with Gasteiger partial charge in [0.2, 0.25) is 5.91 Å². The highest BCUT2D eigenvalue weighted by molar-refractivity contribution is 9.10. The van der Waals surface area contributed by atoms with E-state index in [0.717, 1.165) is 21.4 Å². The number of fused-ring (bicyclic) bond motifs is 1. The monoisotopic (exact) mass is 419 g/mol. The van der Waals surface area contributed by atoms with Gasteiger partial charge in [0, 0.05) is 16.2 Å². The number of hydrogen-bond acceptors (Lipinski definition) is 4. The van der Waals surface area contributed by atoms with Crippen LogP contribution in [0.3, 0.4) is 0 Å². The zero-order valence-corrected chi connectivity index (χ0v) is 16.2. The number of benzene rings is 1. The van der Waals surface area contributed by atoms with E-state index in [0.29, 0.717) is 23.8 Å². The normalized spacial score (nSPS) is 15.4. The van der Waals surface area contributed by atoms with Gasteiger partial charge in [0.1, 0.15) is 18.1 Å². The lowest BCUT2D eigenvalue weighted by molar-refractivity contribution is -0.117. The van der Waals surface area contributed by atoms with Gasteiger partial charge in [-0.3, -0.25) is 14.8 Å². The zero-order chi connectivity index (χ0) is 17.8. The molecule has 25 heavy (non-hydrogen) atoms. The van der Waals surface area contributed by atoms with Gasteiger partial charge in [0.05, 0.1) is 23.6 Å². The van der Waals surface area contributed by atoms with Crippen molar-refractivity contribution >= 4 is 44.4 Å². The molecule has 7 heteroatoms. The van der Waals surface area contributed by atoms with Crippen LogP contribution in [0.4, 0.5) is 5.69 Å². The Morgan fingerprint density at radius 3 is 2.88 bits per heavy atom. The minimum Gasteiger partial charge on any atom is -0.616 e. The second-order valence-corrected chi connectivity index (χ2v) is 8.30. The number of carbonyl (C=O) groups excluding carboxylic acids is 1. The maximum absolute atomic E-state index is 12.6. The van der Waals surface area contributed by atoms with Crippen molar-refractivity contribution in [3.8, 4) is 0 Å². The second-order valence-electron chi connectivity index (χ2n) is 5.52. The maximum Gasteiger partial charge on any atom is 0.248 e. The lowest BCUT2D eigenvalue weighted by atomic mass is 10.0. The second kappa shape index (κ2) is 8.12. The van der Waals surface area contributed by atoms with E-state index < -0.39 is 11.2 Å². The van der Waals surface area contributed by atoms with Gasteiger partial charge in [-0.15, -0.1) is 0 Å². The summed E-state index contributed by atoms with van der Waals surface area (Å²) in [4.78, 5) is 23.2. The van der Waals surface area contributed by atoms with Crippen LogP contribution in [0.25, 0.3) is 0 Å². The van der Waals surface area contributed by atoms with Crippen LogP contribution in [0.5, 0.6) is 0 Å². The van der Waals surface area contributed by atoms with E-state index in [1.54, 1.807) is 11.1 Å². The van der Waals surface area contributed by atoms with Gasteiger partial charge in [-0.05, 0) is 37.3 Å². The Hall–Kier alpha value is -1.70. The molecule has 1 atom stereocenters. The van der Waals surface area contributed by atoms with Gasteiger partial charge in [-0.2, -0.15) is 0 Å². The molecule has 3 rings (SSSR count). The molecule has 0 bridgehead atoms. The van der Waals surface area contributed by atoms with Crippen LogP contribution >= 0.6 is 15.9 Å². The Kier molecular flexibility index (Phi) is 5.88. The van der Waals surface area contributed by atoms with Crippen molar-refractivity contribution in [1.29, 1.82) is 0 Å². The van der Waals surface area contributed by atoms with Crippen LogP contribution in [0.2, 0.25) is 0 Å². The first-order valence-electron chi connectivity index (χ1n) is 8.01. The van der Waals surface area contributed by atoms with Crippen molar-refractivity contribution in [2.75, 3.05) is 29.5 Å². The minimum atomic E-state index is -0.928. The summed E-state index contributed by atoms with van der Waals surface area (Å²) in [5, 5.41) is 0. The fourth-order valence-corrected chi connectivity index (χ4v) is 3.73. The SMILES string of the molecule is CC[S+]([O-])CCN1C(=O)CN=C(c2ccccn2)c2cc(Br)ccc21. The number of aromatic nitrogens is 1. The van der Waals surface area contributed by atoms with E-state index in [1.165, 1.54) is 0 Å². The van der Waals surface area contributed by atoms with Crippen LogP contribution in [0.1, 0.15) is 18.2 Å². The van der Waals surface area contributed by atoms with Gasteiger partial charge in [-0.1, -0.05) is 33.2 Å². The first kappa shape index (κ1) is 18.1. The topological polar surface area (TPSA) is 68.6 Å². The molecule has 0 N–H and O–H groups in total. The number of amides is 1. The van der Waals surface area contributed by atoms with E-state index in [9.17, 15) is 9.35 Å². The summed E-state index contributed by atoms with van der Waals surface area (Å²) >= 11 is 2.57. The molecule has 5 nitrogen and oxygen atoms in total. The average molecular weight is 420 g/mol. The molecule has 0 radical (unpaired) electrons. The molecule has 1 aliphatic heterocycles. The molecular weight excluding hydrogens is 402 g/mol. The summed E-state index contributed by atoms with van der Waals surface area (Å²) in [5.41, 5.74) is 3.06. The molecule has 0 fully saturated rings. The molecule has 130 valence electrons. The third kappa shape index (κ3) is 4.11. The smallest absolute Gasteiger partial charge is 0.248 e. The number of hydrogen-bond donors (Lipinski definition) is 0. The Labute approximate surface area is 158 Å². The first-order chi connectivity index (χ1) is 12.1. The van der Waals surface area contributed by atoms with Gasteiger partial charge >= 0.3 is 0 Å². The minimum absolute atomic E-state index is 0.0525. The number of pyridine rings is 1. The van der Waals surface area contributed by atoms with E-state index in [4.69, 9.17) is 0 Å². The number of rotatable bonds is 5. The molecule has 1 aromatic heterocycles. The number of halogens is 1. The quantitative estimate of drug-likeness (QED) is 0.699. The van der Waals surface area contributed by atoms with Crippen LogP contribution in [0.15, 0.2) is 52.1 Å². The third-order valence-corrected chi connectivity index (χ3v) is 5.73. The van der Waals surface area contributed by atoms with Crippen molar-refractivity contribution in [2.45, 2.75) is 6.92 Å². The van der Waals surface area contributed by atoms with Crippen molar-refractivity contribution in [3.05, 3.63) is 58.3 Å². The lowest BCUT2D eigenvalue weighted by Gasteiger charge is -2.23. The summed E-state index contributed by atoms with van der Waals surface area (Å²) in [5.74, 6) is 0.948. The molecule has 1 unspecified atom stereocenters. The van der Waals surface area contributed by atoms with Gasteiger partial charge in [0.25, 0.3) is 0 Å². The summed E-state index contributed by atoms with van der Waals surface area (Å²) in [7, 11) is 0. The highest BCUT2D eigenvalue weighted by Gasteiger charge is 2.26. The molecule has 0 aliphatic carbocycles. The standard InChI is InChI=1S/C18H18BrN3O2S/c1-2-25(24)10-9-22-16-7-6-13(19)11-14(16)18(21-12-17(22)23)15-5-3-4-8-20-15/h3-8,11H,2,9-10,12H2,1H3. The van der Waals surface area contributed by atoms with Gasteiger partial charge < -0.3 is 9.45 Å². The first-order valence-corrected chi connectivity index (χ1v) is 10.3. The Balaban J connectivity index is 2.04. The zero-order valence-electron chi connectivity index (χ0n) is 13.8. The molecule has 1 amide bonds. The van der Waals surface area contributed by atoms with Crippen LogP contribution in [0, 0.1) is 0 Å². The molecule has 1 aliphatic rings. The van der Waals surface area contributed by atoms with Crippen molar-refractivity contribution in [1.82, 2.24) is 4.98 Å². The Morgan fingerprint density at radius 1 is 1.32 bits per heavy atom. The lowest BCUT2D eigenvalue weighted by Crippen LogP contribution is -2.36. The maximum atomic E-state index is 12.6. The van der Waals surface area contributed by atoms with Crippen molar-refractivity contribution in [3.63, 3.8) is 0 Å². The highest BCUT2D eigenvalue weighted by atomic mass is 79.9. The third-order valence-electron chi connectivity index (χ3n) is 3.95. The fourth-order valence-electron chi connectivity index (χ4n) is 2.69. The van der Waals surface area contributed by atoms with Crippen LogP contribution < -0.4 is 4.90 Å². The summed E-state index contributed by atoms with van der Waals surface area (Å²) in [6, 6.07) is 11.4. The Bertz CT molecular complexity index is 798. The predicted octanol–water partition coefficient (Wildman–Crippen LogP) is 2.80. The van der Waals surface area contributed by atoms with E-state index in [2.05, 4.69) is 25.9 Å². The molecular formula is C18H18BrN3O2S. The largest absolute Gasteiger partial charge is 0.616 e. The summed E-state index contributed by atoms with van der Waals surface area (Å²) in [6.07, 6.45) is 1.71. The van der Waals surface area contributed by atoms with Crippen LogP contribution in [-0.2, 0) is 16.0 Å². The molecule has 2 aromatic rings. The summed E-state index contributed by atoms with van der Waals surface area (Å²) in [6.45, 7) is 2.35.